The molecule has 1 rings (SSSR count). The first-order chi connectivity index (χ1) is 8.63. The van der Waals surface area contributed by atoms with Gasteiger partial charge in [-0.1, -0.05) is 13.3 Å². The summed E-state index contributed by atoms with van der Waals surface area (Å²) in [6.45, 7) is 5.33. The number of halogens is 1. The maximum atomic E-state index is 11.8. The zero-order valence-electron chi connectivity index (χ0n) is 11.8. The van der Waals surface area contributed by atoms with Crippen molar-refractivity contribution in [2.45, 2.75) is 58.0 Å². The summed E-state index contributed by atoms with van der Waals surface area (Å²) < 4.78 is 0. The van der Waals surface area contributed by atoms with Crippen LogP contribution in [0.3, 0.4) is 0 Å². The molecule has 2 atom stereocenters. The van der Waals surface area contributed by atoms with Gasteiger partial charge < -0.3 is 16.0 Å². The van der Waals surface area contributed by atoms with Crippen molar-refractivity contribution in [3.05, 3.63) is 0 Å². The van der Waals surface area contributed by atoms with Crippen molar-refractivity contribution in [3.8, 4) is 0 Å². The highest BCUT2D eigenvalue weighted by Crippen LogP contribution is 2.06. The van der Waals surface area contributed by atoms with E-state index in [1.807, 2.05) is 13.8 Å². The molecule has 6 heteroatoms. The highest BCUT2D eigenvalue weighted by molar-refractivity contribution is 5.85. The van der Waals surface area contributed by atoms with Gasteiger partial charge in [-0.05, 0) is 32.7 Å². The van der Waals surface area contributed by atoms with E-state index in [1.54, 1.807) is 0 Å². The van der Waals surface area contributed by atoms with Crippen molar-refractivity contribution >= 4 is 24.2 Å². The second-order valence-corrected chi connectivity index (χ2v) is 4.92. The van der Waals surface area contributed by atoms with Gasteiger partial charge in [0.25, 0.3) is 0 Å². The lowest BCUT2D eigenvalue weighted by atomic mass is 10.0. The Labute approximate surface area is 121 Å². The second kappa shape index (κ2) is 10.0. The minimum Gasteiger partial charge on any atom is -0.354 e. The summed E-state index contributed by atoms with van der Waals surface area (Å²) in [6, 6.07) is 0.129. The van der Waals surface area contributed by atoms with E-state index >= 15 is 0 Å². The van der Waals surface area contributed by atoms with Crippen molar-refractivity contribution in [2.75, 3.05) is 13.1 Å². The van der Waals surface area contributed by atoms with Crippen LogP contribution in [0.2, 0.25) is 0 Å². The van der Waals surface area contributed by atoms with E-state index in [4.69, 9.17) is 0 Å². The molecule has 3 N–H and O–H groups in total. The Kier molecular flexibility index (Phi) is 9.61. The summed E-state index contributed by atoms with van der Waals surface area (Å²) in [7, 11) is 0. The van der Waals surface area contributed by atoms with Crippen LogP contribution in [0.1, 0.15) is 46.0 Å². The van der Waals surface area contributed by atoms with Gasteiger partial charge in [0.15, 0.2) is 0 Å². The molecule has 0 saturated carbocycles. The zero-order valence-corrected chi connectivity index (χ0v) is 12.6. The lowest BCUT2D eigenvalue weighted by Gasteiger charge is -2.22. The van der Waals surface area contributed by atoms with Crippen LogP contribution in [0.15, 0.2) is 0 Å². The number of piperidine rings is 1. The number of carbonyl (C=O) groups is 2. The molecule has 1 aliphatic rings. The molecule has 1 unspecified atom stereocenters. The van der Waals surface area contributed by atoms with Crippen LogP contribution in [0, 0.1) is 0 Å². The molecule has 2 amide bonds. The van der Waals surface area contributed by atoms with Crippen LogP contribution >= 0.6 is 12.4 Å². The van der Waals surface area contributed by atoms with Crippen molar-refractivity contribution in [1.82, 2.24) is 16.0 Å². The summed E-state index contributed by atoms with van der Waals surface area (Å²) in [5.74, 6) is 0.0206. The van der Waals surface area contributed by atoms with E-state index in [0.717, 1.165) is 32.2 Å². The van der Waals surface area contributed by atoms with Gasteiger partial charge in [-0.15, -0.1) is 12.4 Å². The molecule has 0 aromatic carbocycles. The summed E-state index contributed by atoms with van der Waals surface area (Å²) in [4.78, 5) is 23.2. The van der Waals surface area contributed by atoms with Crippen molar-refractivity contribution in [3.63, 3.8) is 0 Å². The fraction of sp³-hybridized carbons (Fsp3) is 0.846. The molecule has 112 valence electrons. The molecule has 0 bridgehead atoms. The summed E-state index contributed by atoms with van der Waals surface area (Å²) in [6.07, 6.45) is 4.40. The summed E-state index contributed by atoms with van der Waals surface area (Å²) >= 11 is 0. The molecule has 1 fully saturated rings. The van der Waals surface area contributed by atoms with Gasteiger partial charge in [-0.25, -0.2) is 0 Å². The normalized spacial score (nSPS) is 20.0. The number of carbonyl (C=O) groups excluding carboxylic acids is 2. The Morgan fingerprint density at radius 3 is 2.68 bits per heavy atom. The largest absolute Gasteiger partial charge is 0.354 e. The number of amides is 2. The van der Waals surface area contributed by atoms with E-state index in [9.17, 15) is 9.59 Å². The van der Waals surface area contributed by atoms with Crippen molar-refractivity contribution in [2.24, 2.45) is 0 Å². The van der Waals surface area contributed by atoms with E-state index in [2.05, 4.69) is 16.0 Å². The molecule has 1 heterocycles. The molecule has 1 saturated heterocycles. The second-order valence-electron chi connectivity index (χ2n) is 4.92. The third-order valence-electron chi connectivity index (χ3n) is 3.30. The minimum atomic E-state index is -0.0728. The highest BCUT2D eigenvalue weighted by atomic mass is 35.5. The summed E-state index contributed by atoms with van der Waals surface area (Å²) in [5.41, 5.74) is 0. The average Bonchev–Trinajstić information content (AvgIpc) is 2.39. The number of hydrogen-bond donors (Lipinski definition) is 3. The molecule has 0 aliphatic carbocycles. The molecule has 0 aromatic rings. The molecule has 5 nitrogen and oxygen atoms in total. The van der Waals surface area contributed by atoms with E-state index in [1.165, 1.54) is 0 Å². The Hall–Kier alpha value is -0.810. The number of nitrogens with one attached hydrogen (secondary N) is 3. The fourth-order valence-electron chi connectivity index (χ4n) is 1.95. The summed E-state index contributed by atoms with van der Waals surface area (Å²) in [5, 5.41) is 8.87. The topological polar surface area (TPSA) is 70.2 Å². The molecular weight excluding hydrogens is 266 g/mol. The fourth-order valence-corrected chi connectivity index (χ4v) is 1.95. The number of rotatable bonds is 6. The van der Waals surface area contributed by atoms with Gasteiger partial charge in [-0.2, -0.15) is 0 Å². The quantitative estimate of drug-likeness (QED) is 0.683. The van der Waals surface area contributed by atoms with Crippen LogP contribution in [-0.4, -0.2) is 37.0 Å². The Morgan fingerprint density at radius 1 is 1.37 bits per heavy atom. The Morgan fingerprint density at radius 2 is 2.11 bits per heavy atom. The zero-order chi connectivity index (χ0) is 13.4. The standard InChI is InChI=1S/C13H25N3O2.ClH/c1-3-10(2)16-12(17)7-9-15-13(18)11-6-4-5-8-14-11;/h10-11,14H,3-9H2,1-2H3,(H,15,18)(H,16,17);1H/t10?,11-;/m1./s1. The van der Waals surface area contributed by atoms with Gasteiger partial charge in [-0.3, -0.25) is 9.59 Å². The van der Waals surface area contributed by atoms with Gasteiger partial charge in [0, 0.05) is 19.0 Å². The van der Waals surface area contributed by atoms with Gasteiger partial charge >= 0.3 is 0 Å². The third-order valence-corrected chi connectivity index (χ3v) is 3.30. The molecule has 0 spiro atoms. The average molecular weight is 292 g/mol. The van der Waals surface area contributed by atoms with Gasteiger partial charge in [0.2, 0.25) is 11.8 Å². The first kappa shape index (κ1) is 18.2. The van der Waals surface area contributed by atoms with Gasteiger partial charge in [0.05, 0.1) is 6.04 Å². The predicted molar refractivity (Wildman–Crippen MR) is 78.4 cm³/mol. The first-order valence-corrected chi connectivity index (χ1v) is 6.94. The Bertz CT molecular complexity index is 281. The third kappa shape index (κ3) is 7.38. The van der Waals surface area contributed by atoms with Crippen LogP contribution in [0.4, 0.5) is 0 Å². The van der Waals surface area contributed by atoms with E-state index in [-0.39, 0.29) is 36.3 Å². The lowest BCUT2D eigenvalue weighted by Crippen LogP contribution is -2.47. The first-order valence-electron chi connectivity index (χ1n) is 6.94. The van der Waals surface area contributed by atoms with E-state index < -0.39 is 0 Å². The minimum absolute atomic E-state index is 0. The SMILES string of the molecule is CCC(C)NC(=O)CCNC(=O)[C@H]1CCCCN1.Cl. The van der Waals surface area contributed by atoms with E-state index in [0.29, 0.717) is 13.0 Å². The maximum Gasteiger partial charge on any atom is 0.237 e. The number of hydrogen-bond acceptors (Lipinski definition) is 3. The van der Waals surface area contributed by atoms with Crippen molar-refractivity contribution in [1.29, 1.82) is 0 Å². The smallest absolute Gasteiger partial charge is 0.237 e. The predicted octanol–water partition coefficient (Wildman–Crippen LogP) is 0.971. The van der Waals surface area contributed by atoms with Crippen LogP contribution in [-0.2, 0) is 9.59 Å². The highest BCUT2D eigenvalue weighted by Gasteiger charge is 2.19. The Balaban J connectivity index is 0.00000324. The van der Waals surface area contributed by atoms with Gasteiger partial charge in [0.1, 0.15) is 0 Å². The molecule has 1 aliphatic heterocycles. The lowest BCUT2D eigenvalue weighted by molar-refractivity contribution is -0.124. The van der Waals surface area contributed by atoms with Crippen LogP contribution in [0.5, 0.6) is 0 Å². The van der Waals surface area contributed by atoms with Crippen LogP contribution in [0.25, 0.3) is 0 Å². The molecule has 0 radical (unpaired) electrons. The maximum absolute atomic E-state index is 11.8. The molecule has 0 aromatic heterocycles. The molecule has 19 heavy (non-hydrogen) atoms. The van der Waals surface area contributed by atoms with Crippen molar-refractivity contribution < 1.29 is 9.59 Å². The monoisotopic (exact) mass is 291 g/mol. The molecular formula is C13H26ClN3O2. The van der Waals surface area contributed by atoms with Crippen LogP contribution < -0.4 is 16.0 Å².